The van der Waals surface area contributed by atoms with Crippen LogP contribution in [0.25, 0.3) is 0 Å². The highest BCUT2D eigenvalue weighted by Gasteiger charge is 2.15. The summed E-state index contributed by atoms with van der Waals surface area (Å²) in [5, 5.41) is 2.46. The molecule has 3 heteroatoms. The average Bonchev–Trinajstić information content (AvgIpc) is 1.75. The molecule has 1 heterocycles. The lowest BCUT2D eigenvalue weighted by atomic mass is 10.2. The summed E-state index contributed by atoms with van der Waals surface area (Å²) in [7, 11) is 0.597. The van der Waals surface area contributed by atoms with Crippen molar-refractivity contribution in [2.45, 2.75) is 0 Å². The fraction of sp³-hybridized carbons (Fsp3) is 0. The molecule has 1 aliphatic rings. The SMILES string of the molecule is O=C1BN1. The Labute approximate surface area is 24.5 Å². The molecule has 0 aromatic rings. The molecule has 1 fully saturated rings. The molecule has 0 spiro atoms. The maximum atomic E-state index is 9.44. The van der Waals surface area contributed by atoms with Crippen LogP contribution in [-0.2, 0) is 0 Å². The summed E-state index contributed by atoms with van der Waals surface area (Å²) >= 11 is 0. The van der Waals surface area contributed by atoms with E-state index in [1.165, 1.54) is 0 Å². The van der Waals surface area contributed by atoms with Gasteiger partial charge in [-0.1, -0.05) is 0 Å². The molecule has 2 nitrogen and oxygen atoms in total. The zero-order valence-electron chi connectivity index (χ0n) is 2.12. The van der Waals surface area contributed by atoms with Crippen molar-refractivity contribution in [1.82, 2.24) is 5.23 Å². The van der Waals surface area contributed by atoms with Crippen LogP contribution in [0.3, 0.4) is 0 Å². The van der Waals surface area contributed by atoms with Gasteiger partial charge in [-0.15, -0.1) is 0 Å². The number of hydrogen-bond acceptors (Lipinski definition) is 1. The first kappa shape index (κ1) is 1.82. The Hall–Kier alpha value is -0.465. The summed E-state index contributed by atoms with van der Waals surface area (Å²) in [5.74, 6) is 0.167. The Bertz CT molecular complexity index is 46.0. The van der Waals surface area contributed by atoms with Crippen molar-refractivity contribution in [1.29, 1.82) is 0 Å². The van der Waals surface area contributed by atoms with Gasteiger partial charge in [0.25, 0.3) is 0 Å². The van der Waals surface area contributed by atoms with Crippen LogP contribution in [-0.4, -0.2) is 13.2 Å². The molecule has 4 heavy (non-hydrogen) atoms. The topological polar surface area (TPSA) is 39.0 Å². The minimum absolute atomic E-state index is 0.167. The Kier molecular flexibility index (Phi) is 0.132. The molecule has 1 saturated heterocycles. The van der Waals surface area contributed by atoms with Gasteiger partial charge in [0.1, 0.15) is 0 Å². The van der Waals surface area contributed by atoms with Crippen molar-refractivity contribution >= 4 is 13.2 Å². The van der Waals surface area contributed by atoms with Crippen molar-refractivity contribution in [3.63, 3.8) is 0 Å². The summed E-state index contributed by atoms with van der Waals surface area (Å²) in [5.41, 5.74) is 0. The van der Waals surface area contributed by atoms with Gasteiger partial charge in [-0.05, 0) is 0 Å². The van der Waals surface area contributed by atoms with Crippen LogP contribution in [0.15, 0.2) is 0 Å². The molecule has 0 unspecified atom stereocenters. The van der Waals surface area contributed by atoms with E-state index in [9.17, 15) is 4.79 Å². The monoisotopic (exact) mass is 55.0 g/mol. The average molecular weight is 54.8 g/mol. The lowest BCUT2D eigenvalue weighted by Crippen LogP contribution is -1.63. The standard InChI is InChI=1S/CH2BNO/c4-1-2-3-1/h2H,(H,3,4). The fourth-order valence-corrected chi connectivity index (χ4v) is 0.0361. The smallest absolute Gasteiger partial charge is 0.341 e. The first-order valence-electron chi connectivity index (χ1n) is 1.16. The van der Waals surface area contributed by atoms with E-state index in [0.29, 0.717) is 7.41 Å². The molecule has 0 bridgehead atoms. The van der Waals surface area contributed by atoms with Gasteiger partial charge in [-0.3, -0.25) is 4.79 Å². The lowest BCUT2D eigenvalue weighted by molar-refractivity contribution is 0.269. The maximum absolute atomic E-state index is 9.44. The van der Waals surface area contributed by atoms with Crippen LogP contribution in [0.4, 0.5) is 4.79 Å². The first-order chi connectivity index (χ1) is 1.89. The van der Waals surface area contributed by atoms with E-state index in [2.05, 4.69) is 5.23 Å². The summed E-state index contributed by atoms with van der Waals surface area (Å²) in [6, 6.07) is 0. The molecule has 1 aliphatic heterocycles. The Balaban J connectivity index is 2.60. The molecule has 0 atom stereocenters. The van der Waals surface area contributed by atoms with Gasteiger partial charge in [0.2, 0.25) is 0 Å². The van der Waals surface area contributed by atoms with Crippen LogP contribution in [0.5, 0.6) is 0 Å². The quantitative estimate of drug-likeness (QED) is 0.282. The third kappa shape index (κ3) is 0.0684. The second-order valence-corrected chi connectivity index (χ2v) is 0.777. The van der Waals surface area contributed by atoms with Crippen molar-refractivity contribution in [2.75, 3.05) is 0 Å². The lowest BCUT2D eigenvalue weighted by Gasteiger charge is -1.35. The van der Waals surface area contributed by atoms with Crippen molar-refractivity contribution in [2.24, 2.45) is 0 Å². The number of hydrogen-bond donors (Lipinski definition) is 1. The van der Waals surface area contributed by atoms with E-state index in [1.807, 2.05) is 0 Å². The third-order valence-corrected chi connectivity index (χ3v) is 0.321. The maximum Gasteiger partial charge on any atom is 0.341 e. The minimum atomic E-state index is 0.167. The molecule has 0 aliphatic carbocycles. The van der Waals surface area contributed by atoms with E-state index in [4.69, 9.17) is 0 Å². The Morgan fingerprint density at radius 3 is 2.25 bits per heavy atom. The summed E-state index contributed by atoms with van der Waals surface area (Å²) in [6.07, 6.45) is 0. The molecule has 0 aromatic carbocycles. The molecular weight excluding hydrogens is 52.8 g/mol. The highest BCUT2D eigenvalue weighted by Crippen LogP contribution is 1.72. The number of carbonyl (C=O) groups is 1. The molecule has 0 saturated carbocycles. The third-order valence-electron chi connectivity index (χ3n) is 0.321. The van der Waals surface area contributed by atoms with Crippen molar-refractivity contribution in [3.05, 3.63) is 0 Å². The van der Waals surface area contributed by atoms with Crippen molar-refractivity contribution < 1.29 is 4.79 Å². The fourth-order valence-electron chi connectivity index (χ4n) is 0.0361. The van der Waals surface area contributed by atoms with Gasteiger partial charge in [-0.25, -0.2) is 0 Å². The van der Waals surface area contributed by atoms with E-state index in [1.54, 1.807) is 0 Å². The van der Waals surface area contributed by atoms with Gasteiger partial charge >= 0.3 is 7.41 Å². The minimum Gasteiger partial charge on any atom is -0.400 e. The number of amides is 1. The molecule has 0 aromatic heterocycles. The molecule has 0 radical (unpaired) electrons. The predicted octanol–water partition coefficient (Wildman–Crippen LogP) is -0.939. The molecule has 1 rings (SSSR count). The zero-order valence-corrected chi connectivity index (χ0v) is 2.12. The number of carbonyl (C=O) groups excluding carboxylic acids is 1. The van der Waals surface area contributed by atoms with Crippen LogP contribution >= 0.6 is 0 Å². The number of nitrogens with one attached hydrogen (secondary N) is 1. The highest BCUT2D eigenvalue weighted by molar-refractivity contribution is 6.89. The largest absolute Gasteiger partial charge is 0.400 e. The van der Waals surface area contributed by atoms with Crippen LogP contribution in [0.1, 0.15) is 0 Å². The van der Waals surface area contributed by atoms with Crippen LogP contribution in [0.2, 0.25) is 0 Å². The number of rotatable bonds is 0. The van der Waals surface area contributed by atoms with Crippen molar-refractivity contribution in [3.8, 4) is 0 Å². The Morgan fingerprint density at radius 2 is 2.25 bits per heavy atom. The predicted molar refractivity (Wildman–Crippen MR) is 15.7 cm³/mol. The van der Waals surface area contributed by atoms with Gasteiger partial charge in [0.15, 0.2) is 5.81 Å². The van der Waals surface area contributed by atoms with E-state index >= 15 is 0 Å². The first-order valence-corrected chi connectivity index (χ1v) is 1.16. The Morgan fingerprint density at radius 1 is 2.00 bits per heavy atom. The zero-order chi connectivity index (χ0) is 2.99. The van der Waals surface area contributed by atoms with Gasteiger partial charge in [0.05, 0.1) is 0 Å². The van der Waals surface area contributed by atoms with Gasteiger partial charge < -0.3 is 5.23 Å². The van der Waals surface area contributed by atoms with E-state index in [0.717, 1.165) is 0 Å². The van der Waals surface area contributed by atoms with Gasteiger partial charge in [-0.2, -0.15) is 0 Å². The molecule has 1 N–H and O–H groups in total. The van der Waals surface area contributed by atoms with Gasteiger partial charge in [0, 0.05) is 0 Å². The second kappa shape index (κ2) is 0.290. The van der Waals surface area contributed by atoms with Crippen LogP contribution < -0.4 is 5.23 Å². The van der Waals surface area contributed by atoms with E-state index < -0.39 is 0 Å². The van der Waals surface area contributed by atoms with E-state index in [-0.39, 0.29) is 5.81 Å². The molecular formula is CH2BNO. The normalized spacial score (nSPS) is 17.5. The summed E-state index contributed by atoms with van der Waals surface area (Å²) < 4.78 is 0. The van der Waals surface area contributed by atoms with Crippen LogP contribution in [0, 0.1) is 0 Å². The molecule has 20 valence electrons. The highest BCUT2D eigenvalue weighted by atomic mass is 16.2. The summed E-state index contributed by atoms with van der Waals surface area (Å²) in [6.45, 7) is 0. The summed E-state index contributed by atoms with van der Waals surface area (Å²) in [4.78, 5) is 9.44. The second-order valence-electron chi connectivity index (χ2n) is 0.777. The molecule has 1 amide bonds.